The molecule has 0 aliphatic rings. The molecule has 2 unspecified atom stereocenters. The predicted octanol–water partition coefficient (Wildman–Crippen LogP) is 3.63. The van der Waals surface area contributed by atoms with Crippen LogP contribution in [-0.4, -0.2) is 19.7 Å². The SMILES string of the molecule is CCNC(C)C(C)Cc1cc(OC)ccc1Br. The lowest BCUT2D eigenvalue weighted by Crippen LogP contribution is -2.32. The minimum Gasteiger partial charge on any atom is -0.497 e. The zero-order chi connectivity index (χ0) is 12.8. The van der Waals surface area contributed by atoms with Crippen molar-refractivity contribution in [1.29, 1.82) is 0 Å². The standard InChI is InChI=1S/C14H22BrNO/c1-5-16-11(3)10(2)8-12-9-13(17-4)6-7-14(12)15/h6-7,9-11,16H,5,8H2,1-4H3. The van der Waals surface area contributed by atoms with Gasteiger partial charge in [0.15, 0.2) is 0 Å². The maximum atomic E-state index is 5.26. The Morgan fingerprint density at radius 2 is 2.06 bits per heavy atom. The van der Waals surface area contributed by atoms with E-state index in [2.05, 4.69) is 54.2 Å². The highest BCUT2D eigenvalue weighted by atomic mass is 79.9. The van der Waals surface area contributed by atoms with E-state index in [0.717, 1.165) is 23.2 Å². The topological polar surface area (TPSA) is 21.3 Å². The molecule has 1 aromatic rings. The van der Waals surface area contributed by atoms with Crippen LogP contribution >= 0.6 is 15.9 Å². The van der Waals surface area contributed by atoms with Crippen molar-refractivity contribution in [3.63, 3.8) is 0 Å². The molecule has 0 fully saturated rings. The summed E-state index contributed by atoms with van der Waals surface area (Å²) in [6.45, 7) is 7.68. The molecule has 0 heterocycles. The Bertz CT molecular complexity index is 354. The summed E-state index contributed by atoms with van der Waals surface area (Å²) in [5, 5.41) is 3.47. The molecule has 2 atom stereocenters. The molecule has 96 valence electrons. The van der Waals surface area contributed by atoms with Crippen molar-refractivity contribution >= 4 is 15.9 Å². The fourth-order valence-electron chi connectivity index (χ4n) is 1.88. The maximum absolute atomic E-state index is 5.26. The van der Waals surface area contributed by atoms with Crippen LogP contribution in [0.5, 0.6) is 5.75 Å². The van der Waals surface area contributed by atoms with Crippen LogP contribution in [0.4, 0.5) is 0 Å². The smallest absolute Gasteiger partial charge is 0.119 e. The molecule has 17 heavy (non-hydrogen) atoms. The number of rotatable bonds is 6. The van der Waals surface area contributed by atoms with E-state index in [-0.39, 0.29) is 0 Å². The molecule has 0 aliphatic heterocycles. The Balaban J connectivity index is 2.73. The molecule has 3 heteroatoms. The van der Waals surface area contributed by atoms with E-state index in [4.69, 9.17) is 4.74 Å². The Morgan fingerprint density at radius 3 is 2.65 bits per heavy atom. The third-order valence-electron chi connectivity index (χ3n) is 3.17. The van der Waals surface area contributed by atoms with Gasteiger partial charge in [-0.1, -0.05) is 29.8 Å². The minimum absolute atomic E-state index is 0.526. The highest BCUT2D eigenvalue weighted by Crippen LogP contribution is 2.25. The van der Waals surface area contributed by atoms with Crippen LogP contribution in [0.15, 0.2) is 22.7 Å². The van der Waals surface area contributed by atoms with Gasteiger partial charge in [0.2, 0.25) is 0 Å². The lowest BCUT2D eigenvalue weighted by Gasteiger charge is -2.21. The van der Waals surface area contributed by atoms with E-state index in [1.54, 1.807) is 7.11 Å². The largest absolute Gasteiger partial charge is 0.497 e. The second-order valence-corrected chi connectivity index (χ2v) is 5.34. The molecule has 0 spiro atoms. The molecule has 0 bridgehead atoms. The fourth-order valence-corrected chi connectivity index (χ4v) is 2.29. The quantitative estimate of drug-likeness (QED) is 0.866. The zero-order valence-electron chi connectivity index (χ0n) is 11.1. The van der Waals surface area contributed by atoms with Crippen LogP contribution in [0.1, 0.15) is 26.3 Å². The third kappa shape index (κ3) is 4.32. The third-order valence-corrected chi connectivity index (χ3v) is 3.95. The normalized spacial score (nSPS) is 14.4. The van der Waals surface area contributed by atoms with Crippen LogP contribution < -0.4 is 10.1 Å². The van der Waals surface area contributed by atoms with Gasteiger partial charge in [0.05, 0.1) is 7.11 Å². The number of ether oxygens (including phenoxy) is 1. The van der Waals surface area contributed by atoms with Gasteiger partial charge in [-0.05, 0) is 49.6 Å². The number of benzene rings is 1. The number of hydrogen-bond donors (Lipinski definition) is 1. The van der Waals surface area contributed by atoms with Crippen molar-refractivity contribution in [3.8, 4) is 5.75 Å². The summed E-state index contributed by atoms with van der Waals surface area (Å²) in [6, 6.07) is 6.67. The summed E-state index contributed by atoms with van der Waals surface area (Å²) in [5.74, 6) is 1.52. The second kappa shape index (κ2) is 7.02. The van der Waals surface area contributed by atoms with E-state index < -0.39 is 0 Å². The Kier molecular flexibility index (Phi) is 6.00. The minimum atomic E-state index is 0.526. The maximum Gasteiger partial charge on any atom is 0.119 e. The van der Waals surface area contributed by atoms with E-state index in [0.29, 0.717) is 12.0 Å². The van der Waals surface area contributed by atoms with E-state index >= 15 is 0 Å². The molecule has 1 aromatic carbocycles. The Labute approximate surface area is 113 Å². The van der Waals surface area contributed by atoms with Gasteiger partial charge in [0.25, 0.3) is 0 Å². The molecule has 1 N–H and O–H groups in total. The van der Waals surface area contributed by atoms with Crippen LogP contribution in [0, 0.1) is 5.92 Å². The zero-order valence-corrected chi connectivity index (χ0v) is 12.7. The molecule has 2 nitrogen and oxygen atoms in total. The van der Waals surface area contributed by atoms with Crippen molar-refractivity contribution in [2.24, 2.45) is 5.92 Å². The van der Waals surface area contributed by atoms with E-state index in [1.165, 1.54) is 5.56 Å². The lowest BCUT2D eigenvalue weighted by molar-refractivity contribution is 0.400. The molecule has 0 aromatic heterocycles. The van der Waals surface area contributed by atoms with Crippen molar-refractivity contribution in [2.45, 2.75) is 33.2 Å². The lowest BCUT2D eigenvalue weighted by atomic mass is 9.95. The Morgan fingerprint density at radius 1 is 1.35 bits per heavy atom. The van der Waals surface area contributed by atoms with Gasteiger partial charge in [0.1, 0.15) is 5.75 Å². The number of nitrogens with one attached hydrogen (secondary N) is 1. The van der Waals surface area contributed by atoms with Crippen LogP contribution in [0.3, 0.4) is 0 Å². The summed E-state index contributed by atoms with van der Waals surface area (Å²) < 4.78 is 6.42. The number of halogens is 1. The molecular weight excluding hydrogens is 278 g/mol. The molecule has 0 saturated heterocycles. The molecule has 1 rings (SSSR count). The van der Waals surface area contributed by atoms with Crippen molar-refractivity contribution in [3.05, 3.63) is 28.2 Å². The number of methoxy groups -OCH3 is 1. The predicted molar refractivity (Wildman–Crippen MR) is 76.7 cm³/mol. The van der Waals surface area contributed by atoms with Crippen LogP contribution in [-0.2, 0) is 6.42 Å². The number of hydrogen-bond acceptors (Lipinski definition) is 2. The van der Waals surface area contributed by atoms with E-state index in [9.17, 15) is 0 Å². The first-order valence-corrected chi connectivity index (χ1v) is 6.93. The monoisotopic (exact) mass is 299 g/mol. The van der Waals surface area contributed by atoms with Gasteiger partial charge in [-0.3, -0.25) is 0 Å². The van der Waals surface area contributed by atoms with Crippen molar-refractivity contribution < 1.29 is 4.74 Å². The highest BCUT2D eigenvalue weighted by molar-refractivity contribution is 9.10. The summed E-state index contributed by atoms with van der Waals surface area (Å²) in [5.41, 5.74) is 1.31. The first kappa shape index (κ1) is 14.5. The summed E-state index contributed by atoms with van der Waals surface area (Å²) in [4.78, 5) is 0. The van der Waals surface area contributed by atoms with Crippen LogP contribution in [0.25, 0.3) is 0 Å². The summed E-state index contributed by atoms with van der Waals surface area (Å²) in [7, 11) is 1.71. The van der Waals surface area contributed by atoms with Crippen molar-refractivity contribution in [1.82, 2.24) is 5.32 Å². The average molecular weight is 300 g/mol. The molecule has 0 radical (unpaired) electrons. The molecular formula is C14H22BrNO. The molecule has 0 amide bonds. The van der Waals surface area contributed by atoms with E-state index in [1.807, 2.05) is 6.07 Å². The average Bonchev–Trinajstić information content (AvgIpc) is 2.32. The van der Waals surface area contributed by atoms with Gasteiger partial charge in [-0.25, -0.2) is 0 Å². The summed E-state index contributed by atoms with van der Waals surface area (Å²) in [6.07, 6.45) is 1.05. The summed E-state index contributed by atoms with van der Waals surface area (Å²) >= 11 is 3.60. The Hall–Kier alpha value is -0.540. The molecule has 0 aliphatic carbocycles. The van der Waals surface area contributed by atoms with Gasteiger partial charge in [0, 0.05) is 10.5 Å². The molecule has 0 saturated carbocycles. The van der Waals surface area contributed by atoms with Gasteiger partial charge >= 0.3 is 0 Å². The second-order valence-electron chi connectivity index (χ2n) is 4.49. The van der Waals surface area contributed by atoms with Crippen LogP contribution in [0.2, 0.25) is 0 Å². The fraction of sp³-hybridized carbons (Fsp3) is 0.571. The van der Waals surface area contributed by atoms with Gasteiger partial charge in [-0.2, -0.15) is 0 Å². The highest BCUT2D eigenvalue weighted by Gasteiger charge is 2.13. The van der Waals surface area contributed by atoms with Crippen molar-refractivity contribution in [2.75, 3.05) is 13.7 Å². The van der Waals surface area contributed by atoms with Gasteiger partial charge < -0.3 is 10.1 Å². The first-order valence-electron chi connectivity index (χ1n) is 6.14. The van der Waals surface area contributed by atoms with Gasteiger partial charge in [-0.15, -0.1) is 0 Å². The first-order chi connectivity index (χ1) is 8.08.